The highest BCUT2D eigenvalue weighted by molar-refractivity contribution is 5.98. The molecule has 2 N–H and O–H groups in total. The van der Waals surface area contributed by atoms with Crippen LogP contribution in [0.5, 0.6) is 11.5 Å². The van der Waals surface area contributed by atoms with E-state index >= 15 is 0 Å². The van der Waals surface area contributed by atoms with Gasteiger partial charge in [0.2, 0.25) is 5.91 Å². The number of nitrogens with zero attached hydrogens (tertiary/aromatic N) is 2. The number of amides is 2. The molecule has 8 heteroatoms. The van der Waals surface area contributed by atoms with Crippen LogP contribution in [-0.2, 0) is 17.9 Å². The SMILES string of the molecule is COc1cc(OC)cc(C(=O)NC(C(=O)NCc2ccccc2Cn2cccn2)C(C)C)c1. The van der Waals surface area contributed by atoms with E-state index in [4.69, 9.17) is 9.47 Å². The second kappa shape index (κ2) is 11.2. The number of benzene rings is 2. The fraction of sp³-hybridized carbons (Fsp3) is 0.320. The third-order valence-electron chi connectivity index (χ3n) is 5.31. The van der Waals surface area contributed by atoms with E-state index in [1.54, 1.807) is 24.4 Å². The van der Waals surface area contributed by atoms with E-state index in [1.165, 1.54) is 14.2 Å². The van der Waals surface area contributed by atoms with Crippen LogP contribution >= 0.6 is 0 Å². The molecular formula is C25H30N4O4. The molecule has 3 aromatic rings. The van der Waals surface area contributed by atoms with Gasteiger partial charge in [-0.25, -0.2) is 0 Å². The maximum atomic E-state index is 13.0. The van der Waals surface area contributed by atoms with Gasteiger partial charge in [-0.15, -0.1) is 0 Å². The fourth-order valence-corrected chi connectivity index (χ4v) is 3.44. The summed E-state index contributed by atoms with van der Waals surface area (Å²) in [6, 6.07) is 14.0. The molecule has 1 unspecified atom stereocenters. The maximum absolute atomic E-state index is 13.0. The predicted octanol–water partition coefficient (Wildman–Crippen LogP) is 3.02. The normalized spacial score (nSPS) is 11.7. The van der Waals surface area contributed by atoms with Crippen molar-refractivity contribution in [2.75, 3.05) is 14.2 Å². The Morgan fingerprint density at radius 2 is 1.67 bits per heavy atom. The van der Waals surface area contributed by atoms with E-state index in [0.29, 0.717) is 30.2 Å². The van der Waals surface area contributed by atoms with Crippen molar-refractivity contribution in [3.05, 3.63) is 77.6 Å². The molecule has 1 heterocycles. The number of nitrogens with one attached hydrogen (secondary N) is 2. The molecule has 8 nitrogen and oxygen atoms in total. The Balaban J connectivity index is 1.68. The molecule has 0 saturated heterocycles. The van der Waals surface area contributed by atoms with Crippen molar-refractivity contribution < 1.29 is 19.1 Å². The van der Waals surface area contributed by atoms with E-state index < -0.39 is 6.04 Å². The van der Waals surface area contributed by atoms with Gasteiger partial charge in [-0.3, -0.25) is 14.3 Å². The molecule has 2 aromatic carbocycles. The van der Waals surface area contributed by atoms with Crippen LogP contribution in [0.15, 0.2) is 60.9 Å². The van der Waals surface area contributed by atoms with Gasteiger partial charge in [0.25, 0.3) is 5.91 Å². The third kappa shape index (κ3) is 6.35. The highest BCUT2D eigenvalue weighted by Gasteiger charge is 2.25. The number of aromatic nitrogens is 2. The monoisotopic (exact) mass is 450 g/mol. The van der Waals surface area contributed by atoms with Crippen molar-refractivity contribution in [3.63, 3.8) is 0 Å². The Morgan fingerprint density at radius 3 is 2.24 bits per heavy atom. The van der Waals surface area contributed by atoms with Crippen molar-refractivity contribution in [3.8, 4) is 11.5 Å². The van der Waals surface area contributed by atoms with Crippen LogP contribution in [0.2, 0.25) is 0 Å². The molecule has 0 aliphatic rings. The summed E-state index contributed by atoms with van der Waals surface area (Å²) < 4.78 is 12.3. The van der Waals surface area contributed by atoms with Gasteiger partial charge in [-0.05, 0) is 35.2 Å². The van der Waals surface area contributed by atoms with Crippen LogP contribution < -0.4 is 20.1 Å². The van der Waals surface area contributed by atoms with E-state index in [0.717, 1.165) is 11.1 Å². The summed E-state index contributed by atoms with van der Waals surface area (Å²) in [5, 5.41) is 10.1. The number of methoxy groups -OCH3 is 2. The lowest BCUT2D eigenvalue weighted by Crippen LogP contribution is -2.49. The molecule has 1 atom stereocenters. The Labute approximate surface area is 193 Å². The van der Waals surface area contributed by atoms with Gasteiger partial charge in [0.15, 0.2) is 0 Å². The van der Waals surface area contributed by atoms with E-state index in [-0.39, 0.29) is 17.7 Å². The minimum atomic E-state index is -0.701. The van der Waals surface area contributed by atoms with Gasteiger partial charge in [-0.2, -0.15) is 5.10 Å². The van der Waals surface area contributed by atoms with Crippen LogP contribution in [0.3, 0.4) is 0 Å². The summed E-state index contributed by atoms with van der Waals surface area (Å²) in [4.78, 5) is 25.9. The van der Waals surface area contributed by atoms with Gasteiger partial charge < -0.3 is 20.1 Å². The lowest BCUT2D eigenvalue weighted by atomic mass is 10.0. The quantitative estimate of drug-likeness (QED) is 0.495. The molecule has 0 spiro atoms. The zero-order valence-corrected chi connectivity index (χ0v) is 19.4. The minimum absolute atomic E-state index is 0.110. The van der Waals surface area contributed by atoms with E-state index in [9.17, 15) is 9.59 Å². The third-order valence-corrected chi connectivity index (χ3v) is 5.31. The van der Waals surface area contributed by atoms with Crippen molar-refractivity contribution in [2.24, 2.45) is 5.92 Å². The molecule has 1 aromatic heterocycles. The van der Waals surface area contributed by atoms with Crippen molar-refractivity contribution in [1.29, 1.82) is 0 Å². The summed E-state index contributed by atoms with van der Waals surface area (Å²) in [6.45, 7) is 4.74. The molecule has 0 bridgehead atoms. The van der Waals surface area contributed by atoms with Gasteiger partial charge in [0.1, 0.15) is 17.5 Å². The van der Waals surface area contributed by atoms with Crippen molar-refractivity contribution in [2.45, 2.75) is 33.0 Å². The highest BCUT2D eigenvalue weighted by Crippen LogP contribution is 2.22. The topological polar surface area (TPSA) is 94.5 Å². The number of hydrogen-bond donors (Lipinski definition) is 2. The molecule has 0 fully saturated rings. The lowest BCUT2D eigenvalue weighted by Gasteiger charge is -2.22. The first-order chi connectivity index (χ1) is 15.9. The molecule has 0 aliphatic carbocycles. The summed E-state index contributed by atoms with van der Waals surface area (Å²) in [6.07, 6.45) is 3.63. The zero-order valence-electron chi connectivity index (χ0n) is 19.4. The second-order valence-electron chi connectivity index (χ2n) is 7.99. The predicted molar refractivity (Wildman–Crippen MR) is 125 cm³/mol. The molecule has 174 valence electrons. The lowest BCUT2D eigenvalue weighted by molar-refractivity contribution is -0.124. The first-order valence-corrected chi connectivity index (χ1v) is 10.8. The highest BCUT2D eigenvalue weighted by atomic mass is 16.5. The second-order valence-corrected chi connectivity index (χ2v) is 7.99. The van der Waals surface area contributed by atoms with Crippen LogP contribution in [-0.4, -0.2) is 41.9 Å². The van der Waals surface area contributed by atoms with Crippen molar-refractivity contribution in [1.82, 2.24) is 20.4 Å². The average molecular weight is 451 g/mol. The van der Waals surface area contributed by atoms with Gasteiger partial charge in [0.05, 0.1) is 20.8 Å². The molecule has 0 saturated carbocycles. The molecule has 33 heavy (non-hydrogen) atoms. The minimum Gasteiger partial charge on any atom is -0.497 e. The van der Waals surface area contributed by atoms with Crippen LogP contribution in [0, 0.1) is 5.92 Å². The number of hydrogen-bond acceptors (Lipinski definition) is 5. The largest absolute Gasteiger partial charge is 0.497 e. The molecule has 0 aliphatic heterocycles. The first-order valence-electron chi connectivity index (χ1n) is 10.8. The molecule has 0 radical (unpaired) electrons. The van der Waals surface area contributed by atoms with Crippen LogP contribution in [0.25, 0.3) is 0 Å². The Hall–Kier alpha value is -3.81. The number of carbonyl (C=O) groups excluding carboxylic acids is 2. The zero-order chi connectivity index (χ0) is 23.8. The average Bonchev–Trinajstić information content (AvgIpc) is 3.34. The maximum Gasteiger partial charge on any atom is 0.252 e. The van der Waals surface area contributed by atoms with Gasteiger partial charge >= 0.3 is 0 Å². The molecule has 2 amide bonds. The van der Waals surface area contributed by atoms with Crippen molar-refractivity contribution >= 4 is 11.8 Å². The fourth-order valence-electron chi connectivity index (χ4n) is 3.44. The van der Waals surface area contributed by atoms with Crippen LogP contribution in [0.1, 0.15) is 35.3 Å². The summed E-state index contributed by atoms with van der Waals surface area (Å²) in [7, 11) is 3.04. The number of ether oxygens (including phenoxy) is 2. The number of rotatable bonds is 10. The Bertz CT molecular complexity index is 1060. The van der Waals surface area contributed by atoms with Gasteiger partial charge in [-0.1, -0.05) is 38.1 Å². The van der Waals surface area contributed by atoms with Crippen LogP contribution in [0.4, 0.5) is 0 Å². The summed E-state index contributed by atoms with van der Waals surface area (Å²) in [5.41, 5.74) is 2.41. The number of carbonyl (C=O) groups is 2. The summed E-state index contributed by atoms with van der Waals surface area (Å²) in [5.74, 6) is 0.265. The molecule has 3 rings (SSSR count). The molecular weight excluding hydrogens is 420 g/mol. The van der Waals surface area contributed by atoms with Gasteiger partial charge in [0, 0.05) is 30.6 Å². The Morgan fingerprint density at radius 1 is 1.00 bits per heavy atom. The van der Waals surface area contributed by atoms with E-state index in [1.807, 2.05) is 55.1 Å². The van der Waals surface area contributed by atoms with E-state index in [2.05, 4.69) is 15.7 Å². The smallest absolute Gasteiger partial charge is 0.252 e. The standard InChI is InChI=1S/C25H30N4O4/c1-17(2)23(28-24(30)20-12-21(32-3)14-22(13-20)33-4)25(31)26-15-18-8-5-6-9-19(18)16-29-11-7-10-27-29/h5-14,17,23H,15-16H2,1-4H3,(H,26,31)(H,28,30). The Kier molecular flexibility index (Phi) is 8.07. The summed E-state index contributed by atoms with van der Waals surface area (Å²) >= 11 is 0. The first kappa shape index (κ1) is 23.8.